The first-order chi connectivity index (χ1) is 59.8. The van der Waals surface area contributed by atoms with Crippen molar-refractivity contribution in [3.05, 3.63) is 359 Å². The monoisotopic (exact) mass is 1840 g/mol. The molecule has 0 bridgehead atoms. The van der Waals surface area contributed by atoms with Gasteiger partial charge in [-0.15, -0.1) is 0 Å². The Morgan fingerprint density at radius 1 is 0.210 bits per heavy atom. The van der Waals surface area contributed by atoms with Gasteiger partial charge in [-0.25, -0.2) is 0 Å². The van der Waals surface area contributed by atoms with Gasteiger partial charge in [0.1, 0.15) is 11.3 Å². The van der Waals surface area contributed by atoms with Crippen LogP contribution in [-0.2, 0) is 134 Å². The molecular weight excluding hydrogens is 1740 g/mol. The molecule has 656 valence electrons. The zero-order chi connectivity index (χ0) is 86.3. The topological polar surface area (TPSA) is 284 Å². The number of aryl methyl sites for hydroxylation is 2. The molecule has 24 nitrogen and oxygen atoms in total. The predicted octanol–water partition coefficient (Wildman–Crippen LogP) is 23.8. The van der Waals surface area contributed by atoms with Crippen LogP contribution in [0.4, 0.5) is 0 Å². The van der Waals surface area contributed by atoms with Gasteiger partial charge in [0.05, 0.1) is 163 Å². The molecule has 8 saturated heterocycles. The molecule has 124 heavy (non-hydrogen) atoms. The van der Waals surface area contributed by atoms with E-state index in [0.717, 1.165) is 55.6 Å². The highest BCUT2D eigenvalue weighted by molar-refractivity contribution is 7.56. The van der Waals surface area contributed by atoms with Crippen LogP contribution in [0.1, 0.15) is 92.1 Å². The van der Waals surface area contributed by atoms with Gasteiger partial charge in [0, 0.05) is 0 Å². The van der Waals surface area contributed by atoms with Crippen LogP contribution in [0.25, 0.3) is 0 Å². The van der Waals surface area contributed by atoms with E-state index in [4.69, 9.17) is 72.4 Å². The van der Waals surface area contributed by atoms with Crippen molar-refractivity contribution in [1.82, 2.24) is 0 Å². The summed E-state index contributed by atoms with van der Waals surface area (Å²) in [5.41, 5.74) is 4.95. The highest BCUT2D eigenvalue weighted by Gasteiger charge is 2.56. The molecule has 8 aliphatic heterocycles. The first-order valence-corrected chi connectivity index (χ1v) is 54.7. The molecule has 2 unspecified atom stereocenters. The summed E-state index contributed by atoms with van der Waals surface area (Å²) in [6, 6.07) is 96.2. The highest BCUT2D eigenvalue weighted by atomic mass is 31.2. The molecule has 8 heterocycles. The van der Waals surface area contributed by atoms with Gasteiger partial charge in [0.25, 0.3) is 0 Å². The first kappa shape index (κ1) is 92.1. The molecule has 10 aromatic carbocycles. The third-order valence-electron chi connectivity index (χ3n) is 23.0. The van der Waals surface area contributed by atoms with Crippen molar-refractivity contribution in [3.63, 3.8) is 0 Å². The van der Waals surface area contributed by atoms with E-state index in [9.17, 15) is 36.5 Å². The predicted molar refractivity (Wildman–Crippen MR) is 475 cm³/mol. The van der Waals surface area contributed by atoms with E-state index in [1.54, 1.807) is 0 Å². The summed E-state index contributed by atoms with van der Waals surface area (Å²) in [5.74, 6) is 0. The lowest BCUT2D eigenvalue weighted by atomic mass is 9.93. The molecule has 10 aromatic rings. The summed E-state index contributed by atoms with van der Waals surface area (Å²) in [6.07, 6.45) is 2.41. The Labute approximate surface area is 725 Å². The maximum absolute atomic E-state index is 14.2. The maximum atomic E-state index is 14.2. The third-order valence-corrected chi connectivity index (χ3v) is 39.1. The van der Waals surface area contributed by atoms with Crippen LogP contribution in [0.2, 0.25) is 0 Å². The SMILES string of the molecule is CC(c1ccccc1)P1(=O)OCC2(CO1)COP(=O)(C(C)c1ccccc1)OC2.O=P1(C(c2ccccc2)c2ccccc2)OCC2(CO1)COP(=O)(C(c1ccccc1)c1ccccc1)OC2.O=P1(CCc2ccccc2)OCC2(CO1)COP(=O)(CCc1ccccc1)OC2.O=P1(Cc2ccccc2)OCC2(CO1)COP(=O)(Cc1ccccc1)OC2. The number of benzene rings is 10. The second-order valence-electron chi connectivity index (χ2n) is 32.8. The Hall–Kier alpha value is -6.60. The molecule has 0 aromatic heterocycles. The molecule has 32 heteroatoms. The molecule has 18 rings (SSSR count). The highest BCUT2D eigenvalue weighted by Crippen LogP contribution is 2.72. The fourth-order valence-electron chi connectivity index (χ4n) is 15.1. The molecule has 2 atom stereocenters. The second kappa shape index (κ2) is 40.6. The average molecular weight is 1840 g/mol. The molecule has 0 amide bonds. The van der Waals surface area contributed by atoms with E-state index >= 15 is 0 Å². The molecule has 0 saturated carbocycles. The van der Waals surface area contributed by atoms with Gasteiger partial charge < -0.3 is 72.4 Å². The van der Waals surface area contributed by atoms with Gasteiger partial charge >= 0.3 is 60.8 Å². The minimum Gasteiger partial charge on any atom is -0.308 e. The van der Waals surface area contributed by atoms with E-state index < -0.39 is 93.7 Å². The lowest BCUT2D eigenvalue weighted by Gasteiger charge is -2.45. The molecule has 0 aliphatic carbocycles. The third kappa shape index (κ3) is 23.2. The van der Waals surface area contributed by atoms with Crippen molar-refractivity contribution in [1.29, 1.82) is 0 Å². The first-order valence-electron chi connectivity index (χ1n) is 41.4. The van der Waals surface area contributed by atoms with Crippen LogP contribution in [0.3, 0.4) is 0 Å². The summed E-state index contributed by atoms with van der Waals surface area (Å²) in [4.78, 5) is 0. The van der Waals surface area contributed by atoms with Gasteiger partial charge in [-0.1, -0.05) is 303 Å². The summed E-state index contributed by atoms with van der Waals surface area (Å²) in [5, 5.41) is 0. The summed E-state index contributed by atoms with van der Waals surface area (Å²) in [6.45, 7) is 6.54. The van der Waals surface area contributed by atoms with Crippen LogP contribution in [0, 0.1) is 21.7 Å². The Kier molecular flexibility index (Phi) is 30.2. The Bertz CT molecular complexity index is 5000. The van der Waals surface area contributed by atoms with Crippen LogP contribution in [0.5, 0.6) is 0 Å². The summed E-state index contributed by atoms with van der Waals surface area (Å²) in [7, 11) is -26.4. The van der Waals surface area contributed by atoms with Crippen molar-refractivity contribution in [2.45, 2.75) is 61.6 Å². The Balaban J connectivity index is 0.000000129. The van der Waals surface area contributed by atoms with Gasteiger partial charge in [-0.05, 0) is 82.3 Å². The molecule has 4 spiro atoms. The molecular formula is C92H104O24P8. The van der Waals surface area contributed by atoms with Crippen molar-refractivity contribution in [2.24, 2.45) is 21.7 Å². The fourth-order valence-corrected chi connectivity index (χ4v) is 31.1. The van der Waals surface area contributed by atoms with E-state index in [0.29, 0.717) is 25.2 Å². The molecule has 0 radical (unpaired) electrons. The summed E-state index contributed by atoms with van der Waals surface area (Å²) >= 11 is 0. The maximum Gasteiger partial charge on any atom is 0.342 e. The quantitative estimate of drug-likeness (QED) is 0.0641. The lowest BCUT2D eigenvalue weighted by molar-refractivity contribution is -0.0711. The standard InChI is InChI=1S/C31H30O6P2.2C21H26O6P2.C19H22O6P2/c32-38(29(25-13-5-1-6-14-25)26-15-7-2-8-16-26)34-21-31(22-35-38)23-36-39(33,37-24-31)30(27-17-9-3-10-18-27)28-19-11-4-12-20-28;1-17(19-9-5-3-6-10-19)28(22)24-13-21(14-25-28)15-26-29(23,27-16-21)18(2)20-11-7-4-8-12-20;22-28(13-11-19-7-3-1-4-8-19)24-15-21(16-25-28)17-26-29(23,27-18-21)14-12-20-9-5-2-6-10-20;20-26(11-17-7-3-1-4-8-17)22-13-19(14-23-26)15-24-27(21,25-16-19)12-18-9-5-2-6-10-18/h1-20,29-30H,21-24H2;3-12,17-18H,13-16H2,1-2H3;1-10H,11-18H2;1-10H,11-16H2. The van der Waals surface area contributed by atoms with E-state index in [2.05, 4.69) is 0 Å². The second-order valence-corrected chi connectivity index (χ2v) is 50.3. The van der Waals surface area contributed by atoms with Gasteiger partial charge in [0.2, 0.25) is 0 Å². The fraction of sp³-hybridized carbons (Fsp3) is 0.348. The van der Waals surface area contributed by atoms with Crippen LogP contribution >= 0.6 is 60.8 Å². The number of rotatable bonds is 20. The van der Waals surface area contributed by atoms with E-state index in [1.807, 2.05) is 317 Å². The lowest BCUT2D eigenvalue weighted by Crippen LogP contribution is -2.46. The van der Waals surface area contributed by atoms with Crippen LogP contribution in [0.15, 0.2) is 303 Å². The minimum absolute atomic E-state index is 0.113. The van der Waals surface area contributed by atoms with Crippen LogP contribution < -0.4 is 0 Å². The smallest absolute Gasteiger partial charge is 0.308 e. The zero-order valence-electron chi connectivity index (χ0n) is 69.1. The normalized spacial score (nSPS) is 31.5. The van der Waals surface area contributed by atoms with Crippen molar-refractivity contribution in [3.8, 4) is 0 Å². The zero-order valence-corrected chi connectivity index (χ0v) is 76.3. The Morgan fingerprint density at radius 2 is 0.379 bits per heavy atom. The molecule has 8 fully saturated rings. The average Bonchev–Trinajstić information content (AvgIpc) is 0.748. The van der Waals surface area contributed by atoms with Gasteiger partial charge in [0.15, 0.2) is 0 Å². The minimum atomic E-state index is -3.59. The van der Waals surface area contributed by atoms with Crippen molar-refractivity contribution < 1.29 is 109 Å². The van der Waals surface area contributed by atoms with Gasteiger partial charge in [-0.2, -0.15) is 0 Å². The largest absolute Gasteiger partial charge is 0.342 e. The van der Waals surface area contributed by atoms with Crippen LogP contribution in [-0.4, -0.2) is 118 Å². The van der Waals surface area contributed by atoms with Crippen molar-refractivity contribution in [2.75, 3.05) is 118 Å². The van der Waals surface area contributed by atoms with E-state index in [1.165, 1.54) is 0 Å². The van der Waals surface area contributed by atoms with E-state index in [-0.39, 0.29) is 129 Å². The number of hydrogen-bond acceptors (Lipinski definition) is 24. The molecule has 0 N–H and O–H groups in total. The Morgan fingerprint density at radius 3 is 0.597 bits per heavy atom. The van der Waals surface area contributed by atoms with Crippen molar-refractivity contribution >= 4 is 60.8 Å². The van der Waals surface area contributed by atoms with Gasteiger partial charge in [-0.3, -0.25) is 36.5 Å². The molecule has 8 aliphatic rings. The summed E-state index contributed by atoms with van der Waals surface area (Å²) < 4.78 is 199. The number of hydrogen-bond donors (Lipinski definition) is 0.